The number of benzene rings is 1. The molecule has 0 unspecified atom stereocenters. The molecule has 1 fully saturated rings. The summed E-state index contributed by atoms with van der Waals surface area (Å²) in [6.07, 6.45) is 7.79. The number of piperazine rings is 1. The molecule has 174 valence electrons. The Balaban J connectivity index is 1.85. The van der Waals surface area contributed by atoms with Crippen LogP contribution in [-0.2, 0) is 11.3 Å². The second-order valence-corrected chi connectivity index (χ2v) is 8.89. The Morgan fingerprint density at radius 2 is 1.81 bits per heavy atom. The van der Waals surface area contributed by atoms with Gasteiger partial charge in [-0.2, -0.15) is 0 Å². The smallest absolute Gasteiger partial charge is 0.118 e. The lowest BCUT2D eigenvalue weighted by atomic mass is 9.92. The van der Waals surface area contributed by atoms with Crippen molar-refractivity contribution in [1.29, 1.82) is 0 Å². The number of ether oxygens (including phenoxy) is 2. The van der Waals surface area contributed by atoms with E-state index in [-0.39, 0.29) is 24.5 Å². The molecule has 3 atom stereocenters. The Morgan fingerprint density at radius 3 is 2.42 bits per heavy atom. The molecule has 31 heavy (non-hydrogen) atoms. The molecule has 0 aromatic heterocycles. The Labute approximate surface area is 189 Å². The van der Waals surface area contributed by atoms with E-state index in [0.29, 0.717) is 6.61 Å². The van der Waals surface area contributed by atoms with E-state index < -0.39 is 0 Å². The van der Waals surface area contributed by atoms with Crippen LogP contribution in [0.3, 0.4) is 0 Å². The third-order valence-corrected chi connectivity index (χ3v) is 6.08. The van der Waals surface area contributed by atoms with Crippen LogP contribution in [0, 0.1) is 11.8 Å². The molecule has 2 rings (SSSR count). The third-order valence-electron chi connectivity index (χ3n) is 6.08. The fourth-order valence-corrected chi connectivity index (χ4v) is 4.02. The van der Waals surface area contributed by atoms with Crippen molar-refractivity contribution in [3.8, 4) is 5.75 Å². The summed E-state index contributed by atoms with van der Waals surface area (Å²) < 4.78 is 11.5. The summed E-state index contributed by atoms with van der Waals surface area (Å²) in [6, 6.07) is 7.94. The van der Waals surface area contributed by atoms with E-state index in [2.05, 4.69) is 48.9 Å². The maximum atomic E-state index is 9.73. The molecule has 1 aliphatic rings. The molecular weight excluding hydrogens is 388 g/mol. The van der Waals surface area contributed by atoms with Gasteiger partial charge in [0, 0.05) is 51.2 Å². The molecule has 0 radical (unpaired) electrons. The van der Waals surface area contributed by atoms with Crippen molar-refractivity contribution >= 4 is 0 Å². The molecule has 5 nitrogen and oxygen atoms in total. The van der Waals surface area contributed by atoms with Gasteiger partial charge in [0.25, 0.3) is 0 Å². The van der Waals surface area contributed by atoms with Gasteiger partial charge in [0.2, 0.25) is 0 Å². The summed E-state index contributed by atoms with van der Waals surface area (Å²) >= 11 is 0. The molecule has 0 saturated carbocycles. The van der Waals surface area contributed by atoms with Gasteiger partial charge in [-0.25, -0.2) is 0 Å². The number of nitrogens with zero attached hydrogens (tertiary/aromatic N) is 2. The zero-order valence-corrected chi connectivity index (χ0v) is 20.1. The van der Waals surface area contributed by atoms with Gasteiger partial charge in [-0.05, 0) is 38.1 Å². The Bertz CT molecular complexity index is 678. The monoisotopic (exact) mass is 430 g/mol. The van der Waals surface area contributed by atoms with Crippen molar-refractivity contribution in [1.82, 2.24) is 9.80 Å². The van der Waals surface area contributed by atoms with Crippen molar-refractivity contribution in [2.45, 2.75) is 39.9 Å². The molecule has 1 aromatic rings. The molecular formula is C26H42N2O3. The first-order chi connectivity index (χ1) is 14.9. The normalized spacial score (nSPS) is 19.5. The highest BCUT2D eigenvalue weighted by Crippen LogP contribution is 2.22. The van der Waals surface area contributed by atoms with Crippen LogP contribution in [0.1, 0.15) is 32.8 Å². The highest BCUT2D eigenvalue weighted by Gasteiger charge is 2.23. The zero-order chi connectivity index (χ0) is 22.6. The minimum atomic E-state index is -0.0409. The Morgan fingerprint density at radius 1 is 1.13 bits per heavy atom. The van der Waals surface area contributed by atoms with Gasteiger partial charge in [0.15, 0.2) is 0 Å². The van der Waals surface area contributed by atoms with Crippen LogP contribution >= 0.6 is 0 Å². The summed E-state index contributed by atoms with van der Waals surface area (Å²) in [6.45, 7) is 12.8. The maximum absolute atomic E-state index is 9.73. The Hall–Kier alpha value is -1.66. The first kappa shape index (κ1) is 25.6. The lowest BCUT2D eigenvalue weighted by Crippen LogP contribution is -2.44. The van der Waals surface area contributed by atoms with Crippen LogP contribution < -0.4 is 4.74 Å². The topological polar surface area (TPSA) is 45.2 Å². The van der Waals surface area contributed by atoms with E-state index >= 15 is 0 Å². The summed E-state index contributed by atoms with van der Waals surface area (Å²) in [7, 11) is 3.86. The number of hydrogen-bond donors (Lipinski definition) is 1. The zero-order valence-electron chi connectivity index (χ0n) is 20.1. The minimum absolute atomic E-state index is 0.0409. The van der Waals surface area contributed by atoms with Crippen LogP contribution in [0.2, 0.25) is 0 Å². The molecule has 5 heteroatoms. The largest absolute Gasteiger partial charge is 0.497 e. The van der Waals surface area contributed by atoms with Crippen molar-refractivity contribution < 1.29 is 14.6 Å². The van der Waals surface area contributed by atoms with Crippen LogP contribution in [0.4, 0.5) is 0 Å². The minimum Gasteiger partial charge on any atom is -0.497 e. The number of allylic oxidation sites excluding steroid dienone is 2. The molecule has 0 aliphatic carbocycles. The Kier molecular flexibility index (Phi) is 11.3. The van der Waals surface area contributed by atoms with Gasteiger partial charge in [-0.1, -0.05) is 49.8 Å². The maximum Gasteiger partial charge on any atom is 0.118 e. The van der Waals surface area contributed by atoms with E-state index in [1.165, 1.54) is 31.8 Å². The first-order valence-corrected chi connectivity index (χ1v) is 11.5. The van der Waals surface area contributed by atoms with Crippen molar-refractivity contribution in [3.63, 3.8) is 0 Å². The van der Waals surface area contributed by atoms with E-state index in [1.807, 2.05) is 31.2 Å². The highest BCUT2D eigenvalue weighted by atomic mass is 16.5. The summed E-state index contributed by atoms with van der Waals surface area (Å²) in [5, 5.41) is 9.73. The van der Waals surface area contributed by atoms with Gasteiger partial charge in [-0.3, -0.25) is 0 Å². The molecule has 0 bridgehead atoms. The van der Waals surface area contributed by atoms with Gasteiger partial charge < -0.3 is 24.4 Å². The molecule has 1 heterocycles. The third kappa shape index (κ3) is 9.16. The SMILES string of the molecule is COc1ccc(CO[C@@H]([C@H](C)/C=C(C)/C=C/CCN2CCN(C)CC2)[C@@H](C)CO)cc1. The first-order valence-electron chi connectivity index (χ1n) is 11.5. The molecule has 0 spiro atoms. The standard InChI is InChI=1S/C26H42N2O3/c1-21(8-6-7-13-28-16-14-27(4)15-17-28)18-22(2)26(23(3)19-29)31-20-24-9-11-25(30-5)12-10-24/h6,8-12,18,22-23,26,29H,7,13-17,19-20H2,1-5H3/b8-6+,21-18+/t22-,23+,26+/m1/s1. The summed E-state index contributed by atoms with van der Waals surface area (Å²) in [5.74, 6) is 1.12. The van der Waals surface area contributed by atoms with Gasteiger partial charge in [-0.15, -0.1) is 0 Å². The van der Waals surface area contributed by atoms with E-state index in [1.54, 1.807) is 7.11 Å². The lowest BCUT2D eigenvalue weighted by Gasteiger charge is -2.32. The highest BCUT2D eigenvalue weighted by molar-refractivity contribution is 5.26. The molecule has 1 aliphatic heterocycles. The number of rotatable bonds is 12. The summed E-state index contributed by atoms with van der Waals surface area (Å²) in [4.78, 5) is 4.93. The number of aliphatic hydroxyl groups excluding tert-OH is 1. The number of aliphatic hydroxyl groups is 1. The molecule has 1 aromatic carbocycles. The lowest BCUT2D eigenvalue weighted by molar-refractivity contribution is -0.0309. The fraction of sp³-hybridized carbons (Fsp3) is 0.615. The van der Waals surface area contributed by atoms with E-state index in [9.17, 15) is 5.11 Å². The van der Waals surface area contributed by atoms with Crippen molar-refractivity contribution in [2.24, 2.45) is 11.8 Å². The van der Waals surface area contributed by atoms with Crippen LogP contribution in [0.5, 0.6) is 5.75 Å². The van der Waals surface area contributed by atoms with Crippen LogP contribution in [0.25, 0.3) is 0 Å². The van der Waals surface area contributed by atoms with Gasteiger partial charge in [0.1, 0.15) is 5.75 Å². The number of likely N-dealkylation sites (N-methyl/N-ethyl adjacent to an activating group) is 1. The second kappa shape index (κ2) is 13.7. The number of methoxy groups -OCH3 is 1. The second-order valence-electron chi connectivity index (χ2n) is 8.89. The fourth-order valence-electron chi connectivity index (χ4n) is 4.02. The van der Waals surface area contributed by atoms with Gasteiger partial charge >= 0.3 is 0 Å². The molecule has 1 N–H and O–H groups in total. The molecule has 0 amide bonds. The number of hydrogen-bond acceptors (Lipinski definition) is 5. The van der Waals surface area contributed by atoms with Crippen LogP contribution in [0.15, 0.2) is 48.1 Å². The molecule has 1 saturated heterocycles. The quantitative estimate of drug-likeness (QED) is 0.508. The predicted octanol–water partition coefficient (Wildman–Crippen LogP) is 3.98. The van der Waals surface area contributed by atoms with E-state index in [0.717, 1.165) is 24.3 Å². The van der Waals surface area contributed by atoms with Crippen molar-refractivity contribution in [2.75, 3.05) is 53.5 Å². The van der Waals surface area contributed by atoms with E-state index in [4.69, 9.17) is 9.47 Å². The van der Waals surface area contributed by atoms with Gasteiger partial charge in [0.05, 0.1) is 19.8 Å². The average Bonchev–Trinajstić information content (AvgIpc) is 2.78. The van der Waals surface area contributed by atoms with Crippen LogP contribution in [-0.4, -0.2) is 74.5 Å². The summed E-state index contributed by atoms with van der Waals surface area (Å²) in [5.41, 5.74) is 2.35. The van der Waals surface area contributed by atoms with Crippen molar-refractivity contribution in [3.05, 3.63) is 53.6 Å². The predicted molar refractivity (Wildman–Crippen MR) is 128 cm³/mol. The average molecular weight is 431 g/mol.